The summed E-state index contributed by atoms with van der Waals surface area (Å²) in [7, 11) is 2.31. The average Bonchev–Trinajstić information content (AvgIpc) is 2.53. The van der Waals surface area contributed by atoms with Crippen LogP contribution in [0.15, 0.2) is 35.4 Å². The van der Waals surface area contributed by atoms with Crippen LogP contribution in [0.5, 0.6) is 0 Å². The molecule has 0 aliphatic rings. The maximum absolute atomic E-state index is 12.2. The Balaban J connectivity index is 2.72. The Labute approximate surface area is 126 Å². The van der Waals surface area contributed by atoms with E-state index in [1.54, 1.807) is 25.1 Å². The van der Waals surface area contributed by atoms with Gasteiger partial charge in [0.15, 0.2) is 0 Å². The minimum Gasteiger partial charge on any atom is -0.465 e. The number of carbonyl (C=O) groups excluding carboxylic acids is 2. The highest BCUT2D eigenvalue weighted by Crippen LogP contribution is 2.09. The molecule has 0 amide bonds. The summed E-state index contributed by atoms with van der Waals surface area (Å²) in [6.07, 6.45) is 2.56. The van der Waals surface area contributed by atoms with Gasteiger partial charge in [-0.25, -0.2) is 14.6 Å². The molecule has 0 spiro atoms. The molecule has 0 unspecified atom stereocenters. The maximum atomic E-state index is 12.2. The van der Waals surface area contributed by atoms with Crippen LogP contribution >= 0.6 is 0 Å². The van der Waals surface area contributed by atoms with Crippen LogP contribution in [-0.2, 0) is 9.47 Å². The predicted molar refractivity (Wildman–Crippen MR) is 77.3 cm³/mol. The van der Waals surface area contributed by atoms with E-state index in [0.29, 0.717) is 5.82 Å². The van der Waals surface area contributed by atoms with Gasteiger partial charge < -0.3 is 14.0 Å². The topological polar surface area (TPSA) is 87.5 Å². The van der Waals surface area contributed by atoms with Crippen molar-refractivity contribution in [3.8, 4) is 5.82 Å². The second-order valence-electron chi connectivity index (χ2n) is 4.44. The zero-order valence-corrected chi connectivity index (χ0v) is 12.3. The Morgan fingerprint density at radius 2 is 1.59 bits per heavy atom. The van der Waals surface area contributed by atoms with Gasteiger partial charge in [0.05, 0.1) is 14.2 Å². The lowest BCUT2D eigenvalue weighted by molar-refractivity contribution is 0.0595. The molecule has 0 aliphatic heterocycles. The molecule has 0 radical (unpaired) electrons. The average molecular weight is 302 g/mol. The number of hydrogen-bond acceptors (Lipinski definition) is 6. The first-order valence-electron chi connectivity index (χ1n) is 6.35. The second kappa shape index (κ2) is 6.21. The van der Waals surface area contributed by atoms with Crippen LogP contribution < -0.4 is 5.43 Å². The Bertz CT molecular complexity index is 755. The van der Waals surface area contributed by atoms with Crippen LogP contribution in [0.25, 0.3) is 5.82 Å². The predicted octanol–water partition coefficient (Wildman–Crippen LogP) is 1.11. The summed E-state index contributed by atoms with van der Waals surface area (Å²) < 4.78 is 10.6. The first-order chi connectivity index (χ1) is 10.5. The van der Waals surface area contributed by atoms with Crippen LogP contribution in [0.3, 0.4) is 0 Å². The molecular weight excluding hydrogens is 288 g/mol. The van der Waals surface area contributed by atoms with Gasteiger partial charge in [0, 0.05) is 18.1 Å². The molecule has 22 heavy (non-hydrogen) atoms. The number of ether oxygens (including phenoxy) is 2. The fourth-order valence-electron chi connectivity index (χ4n) is 1.89. The van der Waals surface area contributed by atoms with Crippen LogP contribution in [0.1, 0.15) is 26.4 Å². The summed E-state index contributed by atoms with van der Waals surface area (Å²) >= 11 is 0. The molecule has 0 saturated heterocycles. The van der Waals surface area contributed by atoms with Gasteiger partial charge in [-0.05, 0) is 19.1 Å². The zero-order chi connectivity index (χ0) is 16.3. The SMILES string of the molecule is COC(=O)c1cn(-c2cccc(C)n2)cc(C(=O)OC)c1=O. The minimum atomic E-state index is -0.836. The van der Waals surface area contributed by atoms with Crippen molar-refractivity contribution < 1.29 is 19.1 Å². The molecule has 0 aromatic carbocycles. The molecule has 0 saturated carbocycles. The first kappa shape index (κ1) is 15.4. The summed E-state index contributed by atoms with van der Waals surface area (Å²) in [5.41, 5.74) is -0.541. The normalized spacial score (nSPS) is 10.1. The Hall–Kier alpha value is -2.96. The summed E-state index contributed by atoms with van der Waals surface area (Å²) in [6.45, 7) is 1.80. The molecule has 114 valence electrons. The van der Waals surface area contributed by atoms with Gasteiger partial charge in [-0.3, -0.25) is 4.79 Å². The lowest BCUT2D eigenvalue weighted by atomic mass is 10.2. The van der Waals surface area contributed by atoms with Gasteiger partial charge in [-0.1, -0.05) is 6.07 Å². The van der Waals surface area contributed by atoms with Gasteiger partial charge >= 0.3 is 11.9 Å². The molecule has 0 atom stereocenters. The van der Waals surface area contributed by atoms with E-state index in [4.69, 9.17) is 0 Å². The van der Waals surface area contributed by atoms with Crippen molar-refractivity contribution in [2.45, 2.75) is 6.92 Å². The monoisotopic (exact) mass is 302 g/mol. The van der Waals surface area contributed by atoms with E-state index in [1.165, 1.54) is 17.0 Å². The molecule has 2 rings (SSSR count). The molecule has 0 fully saturated rings. The van der Waals surface area contributed by atoms with Crippen molar-refractivity contribution in [1.82, 2.24) is 9.55 Å². The number of aromatic nitrogens is 2. The number of esters is 2. The molecule has 7 heteroatoms. The molecule has 2 aromatic heterocycles. The van der Waals surface area contributed by atoms with Gasteiger partial charge in [-0.15, -0.1) is 0 Å². The first-order valence-corrected chi connectivity index (χ1v) is 6.35. The van der Waals surface area contributed by atoms with Crippen LogP contribution in [0, 0.1) is 6.92 Å². The molecular formula is C15H14N2O5. The maximum Gasteiger partial charge on any atom is 0.343 e. The van der Waals surface area contributed by atoms with Crippen molar-refractivity contribution in [1.29, 1.82) is 0 Å². The van der Waals surface area contributed by atoms with Gasteiger partial charge in [-0.2, -0.15) is 0 Å². The van der Waals surface area contributed by atoms with E-state index >= 15 is 0 Å². The van der Waals surface area contributed by atoms with Gasteiger partial charge in [0.1, 0.15) is 16.9 Å². The fraction of sp³-hybridized carbons (Fsp3) is 0.200. The Morgan fingerprint density at radius 1 is 1.05 bits per heavy atom. The van der Waals surface area contributed by atoms with E-state index in [9.17, 15) is 14.4 Å². The third-order valence-electron chi connectivity index (χ3n) is 2.97. The number of pyridine rings is 2. The molecule has 0 aliphatic carbocycles. The highest BCUT2D eigenvalue weighted by Gasteiger charge is 2.20. The standard InChI is InChI=1S/C15H14N2O5/c1-9-5-4-6-12(16-9)17-7-10(14(19)21-2)13(18)11(8-17)15(20)22-3/h4-8H,1-3H3. The fourth-order valence-corrected chi connectivity index (χ4v) is 1.89. The minimum absolute atomic E-state index is 0.270. The van der Waals surface area contributed by atoms with Crippen molar-refractivity contribution in [2.24, 2.45) is 0 Å². The van der Waals surface area contributed by atoms with Crippen molar-refractivity contribution in [2.75, 3.05) is 14.2 Å². The van der Waals surface area contributed by atoms with Crippen molar-refractivity contribution in [3.63, 3.8) is 0 Å². The smallest absolute Gasteiger partial charge is 0.343 e. The molecule has 0 bridgehead atoms. The van der Waals surface area contributed by atoms with E-state index in [-0.39, 0.29) is 11.1 Å². The van der Waals surface area contributed by atoms with E-state index in [2.05, 4.69) is 14.5 Å². The molecule has 2 aromatic rings. The highest BCUT2D eigenvalue weighted by molar-refractivity contribution is 5.94. The summed E-state index contributed by atoms with van der Waals surface area (Å²) in [6, 6.07) is 5.25. The second-order valence-corrected chi connectivity index (χ2v) is 4.44. The quantitative estimate of drug-likeness (QED) is 0.789. The van der Waals surface area contributed by atoms with Gasteiger partial charge in [0.25, 0.3) is 0 Å². The van der Waals surface area contributed by atoms with Crippen molar-refractivity contribution in [3.05, 3.63) is 57.6 Å². The van der Waals surface area contributed by atoms with Crippen LogP contribution in [-0.4, -0.2) is 35.7 Å². The number of hydrogen-bond donors (Lipinski definition) is 0. The number of carbonyl (C=O) groups is 2. The highest BCUT2D eigenvalue weighted by atomic mass is 16.5. The number of aryl methyl sites for hydroxylation is 1. The third kappa shape index (κ3) is 2.88. The Morgan fingerprint density at radius 3 is 2.05 bits per heavy atom. The van der Waals surface area contributed by atoms with Gasteiger partial charge in [0.2, 0.25) is 5.43 Å². The Kier molecular flexibility index (Phi) is 4.36. The lowest BCUT2D eigenvalue weighted by Gasteiger charge is -2.10. The van der Waals surface area contributed by atoms with Crippen LogP contribution in [0.4, 0.5) is 0 Å². The molecule has 0 N–H and O–H groups in total. The number of rotatable bonds is 3. The lowest BCUT2D eigenvalue weighted by Crippen LogP contribution is -2.26. The van der Waals surface area contributed by atoms with E-state index in [1.807, 2.05) is 0 Å². The third-order valence-corrected chi connectivity index (χ3v) is 2.97. The van der Waals surface area contributed by atoms with E-state index < -0.39 is 17.4 Å². The molecule has 2 heterocycles. The summed E-state index contributed by atoms with van der Waals surface area (Å²) in [5.74, 6) is -1.22. The number of methoxy groups -OCH3 is 2. The molecule has 7 nitrogen and oxygen atoms in total. The number of nitrogens with zero attached hydrogens (tertiary/aromatic N) is 2. The summed E-state index contributed by atoms with van der Waals surface area (Å²) in [5, 5.41) is 0. The summed E-state index contributed by atoms with van der Waals surface area (Å²) in [4.78, 5) is 39.9. The van der Waals surface area contributed by atoms with Crippen LogP contribution in [0.2, 0.25) is 0 Å². The van der Waals surface area contributed by atoms with Crippen molar-refractivity contribution >= 4 is 11.9 Å². The largest absolute Gasteiger partial charge is 0.465 e. The van der Waals surface area contributed by atoms with E-state index in [0.717, 1.165) is 19.9 Å². The zero-order valence-electron chi connectivity index (χ0n) is 12.3.